The summed E-state index contributed by atoms with van der Waals surface area (Å²) in [5, 5.41) is 2.89. The number of carbonyl (C=O) groups is 2. The van der Waals surface area contributed by atoms with Crippen molar-refractivity contribution >= 4 is 11.8 Å². The molecule has 2 atom stereocenters. The van der Waals surface area contributed by atoms with Crippen molar-refractivity contribution in [1.82, 2.24) is 10.2 Å². The van der Waals surface area contributed by atoms with Gasteiger partial charge in [0.2, 0.25) is 11.8 Å². The Kier molecular flexibility index (Phi) is 4.93. The van der Waals surface area contributed by atoms with Crippen LogP contribution in [0, 0.1) is 5.92 Å². The molecule has 17 heavy (non-hydrogen) atoms. The molecule has 2 unspecified atom stereocenters. The number of nitrogens with one attached hydrogen (secondary N) is 1. The lowest BCUT2D eigenvalue weighted by Crippen LogP contribution is -2.51. The Bertz CT molecular complexity index is 291. The highest BCUT2D eigenvalue weighted by Gasteiger charge is 2.25. The van der Waals surface area contributed by atoms with Gasteiger partial charge in [0.1, 0.15) is 0 Å². The Balaban J connectivity index is 2.42. The molecule has 0 saturated carbocycles. The van der Waals surface area contributed by atoms with Crippen LogP contribution in [0.1, 0.15) is 33.6 Å². The smallest absolute Gasteiger partial charge is 0.239 e. The molecule has 1 rings (SSSR count). The highest BCUT2D eigenvalue weighted by atomic mass is 16.2. The maximum atomic E-state index is 11.7. The topological polar surface area (TPSA) is 75.4 Å². The van der Waals surface area contributed by atoms with Crippen molar-refractivity contribution in [3.63, 3.8) is 0 Å². The summed E-state index contributed by atoms with van der Waals surface area (Å²) in [7, 11) is 0. The number of carbonyl (C=O) groups excluding carboxylic acids is 2. The summed E-state index contributed by atoms with van der Waals surface area (Å²) in [6, 6.07) is 0.124. The third-order valence-corrected chi connectivity index (χ3v) is 3.26. The minimum atomic E-state index is -0.103. The second-order valence-corrected chi connectivity index (χ2v) is 5.17. The Morgan fingerprint density at radius 1 is 1.53 bits per heavy atom. The maximum absolute atomic E-state index is 11.7. The zero-order valence-corrected chi connectivity index (χ0v) is 10.9. The van der Waals surface area contributed by atoms with E-state index in [0.29, 0.717) is 18.9 Å². The summed E-state index contributed by atoms with van der Waals surface area (Å²) in [6.07, 6.45) is 1.17. The zero-order valence-electron chi connectivity index (χ0n) is 10.9. The predicted octanol–water partition coefficient (Wildman–Crippen LogP) is 0.0968. The molecule has 1 fully saturated rings. The van der Waals surface area contributed by atoms with E-state index in [1.807, 2.05) is 20.8 Å². The van der Waals surface area contributed by atoms with Crippen molar-refractivity contribution in [2.75, 3.05) is 13.1 Å². The highest BCUT2D eigenvalue weighted by Crippen LogP contribution is 2.09. The molecule has 1 saturated heterocycles. The van der Waals surface area contributed by atoms with Gasteiger partial charge in [-0.05, 0) is 19.3 Å². The lowest BCUT2D eigenvalue weighted by molar-refractivity contribution is -0.138. The minimum Gasteiger partial charge on any atom is -0.352 e. The van der Waals surface area contributed by atoms with Gasteiger partial charge in [-0.3, -0.25) is 9.59 Å². The maximum Gasteiger partial charge on any atom is 0.239 e. The van der Waals surface area contributed by atoms with E-state index in [1.54, 1.807) is 4.90 Å². The first-order chi connectivity index (χ1) is 7.90. The second-order valence-electron chi connectivity index (χ2n) is 5.17. The van der Waals surface area contributed by atoms with E-state index >= 15 is 0 Å². The molecule has 98 valence electrons. The molecule has 0 spiro atoms. The van der Waals surface area contributed by atoms with Gasteiger partial charge in [0.15, 0.2) is 0 Å². The molecular weight excluding hydrogens is 218 g/mol. The van der Waals surface area contributed by atoms with E-state index in [2.05, 4.69) is 5.32 Å². The molecule has 0 bridgehead atoms. The average molecular weight is 241 g/mol. The molecular formula is C12H23N3O2. The molecule has 0 aromatic rings. The summed E-state index contributed by atoms with van der Waals surface area (Å²) < 4.78 is 0. The fourth-order valence-corrected chi connectivity index (χ4v) is 1.74. The van der Waals surface area contributed by atoms with Gasteiger partial charge in [0.25, 0.3) is 0 Å². The van der Waals surface area contributed by atoms with E-state index in [9.17, 15) is 9.59 Å². The van der Waals surface area contributed by atoms with Crippen LogP contribution in [0.2, 0.25) is 0 Å². The fraction of sp³-hybridized carbons (Fsp3) is 0.833. The summed E-state index contributed by atoms with van der Waals surface area (Å²) in [5.41, 5.74) is 5.79. The summed E-state index contributed by atoms with van der Waals surface area (Å²) >= 11 is 0. The number of likely N-dealkylation sites (tertiary alicyclic amines) is 1. The standard InChI is InChI=1S/C12H23N3O2/c1-8(2)9(3)14-11(16)7-15-6-10(13)4-5-12(15)17/h8-10H,4-7,13H2,1-3H3,(H,14,16). The number of rotatable bonds is 4. The molecule has 1 heterocycles. The van der Waals surface area contributed by atoms with Crippen molar-refractivity contribution in [3.05, 3.63) is 0 Å². The van der Waals surface area contributed by atoms with Crippen LogP contribution in [0.3, 0.4) is 0 Å². The van der Waals surface area contributed by atoms with Crippen molar-refractivity contribution in [3.8, 4) is 0 Å². The Labute approximate surface area is 103 Å². The highest BCUT2D eigenvalue weighted by molar-refractivity contribution is 5.85. The van der Waals surface area contributed by atoms with Crippen molar-refractivity contribution in [2.45, 2.75) is 45.7 Å². The van der Waals surface area contributed by atoms with Gasteiger partial charge in [0, 0.05) is 25.0 Å². The van der Waals surface area contributed by atoms with Crippen LogP contribution in [0.15, 0.2) is 0 Å². The van der Waals surface area contributed by atoms with E-state index in [0.717, 1.165) is 6.42 Å². The Morgan fingerprint density at radius 2 is 2.18 bits per heavy atom. The Hall–Kier alpha value is -1.10. The van der Waals surface area contributed by atoms with Crippen LogP contribution in [-0.4, -0.2) is 41.9 Å². The lowest BCUT2D eigenvalue weighted by Gasteiger charge is -2.30. The second kappa shape index (κ2) is 6.00. The molecule has 0 aromatic heterocycles. The molecule has 0 aliphatic carbocycles. The van der Waals surface area contributed by atoms with Crippen molar-refractivity contribution < 1.29 is 9.59 Å². The SMILES string of the molecule is CC(C)C(C)NC(=O)CN1CC(N)CCC1=O. The van der Waals surface area contributed by atoms with E-state index in [1.165, 1.54) is 0 Å². The molecule has 5 nitrogen and oxygen atoms in total. The molecule has 0 aromatic carbocycles. The van der Waals surface area contributed by atoms with Crippen LogP contribution in [0.25, 0.3) is 0 Å². The minimum absolute atomic E-state index is 0.00280. The van der Waals surface area contributed by atoms with Gasteiger partial charge in [-0.15, -0.1) is 0 Å². The fourth-order valence-electron chi connectivity index (χ4n) is 1.74. The third kappa shape index (κ3) is 4.34. The van der Waals surface area contributed by atoms with Crippen LogP contribution in [0.4, 0.5) is 0 Å². The molecule has 0 radical (unpaired) electrons. The first kappa shape index (κ1) is 14.0. The van der Waals surface area contributed by atoms with Gasteiger partial charge < -0.3 is 16.0 Å². The summed E-state index contributed by atoms with van der Waals surface area (Å²) in [4.78, 5) is 24.9. The summed E-state index contributed by atoms with van der Waals surface area (Å²) in [5.74, 6) is 0.311. The van der Waals surface area contributed by atoms with Crippen LogP contribution >= 0.6 is 0 Å². The van der Waals surface area contributed by atoms with Gasteiger partial charge in [-0.1, -0.05) is 13.8 Å². The largest absolute Gasteiger partial charge is 0.352 e. The normalized spacial score (nSPS) is 22.8. The summed E-state index contributed by atoms with van der Waals surface area (Å²) in [6.45, 7) is 6.68. The molecule has 2 amide bonds. The van der Waals surface area contributed by atoms with Crippen LogP contribution in [0.5, 0.6) is 0 Å². The third-order valence-electron chi connectivity index (χ3n) is 3.26. The number of nitrogens with two attached hydrogens (primary N) is 1. The predicted molar refractivity (Wildman–Crippen MR) is 66.2 cm³/mol. The molecule has 3 N–H and O–H groups in total. The van der Waals surface area contributed by atoms with Crippen LogP contribution < -0.4 is 11.1 Å². The van der Waals surface area contributed by atoms with E-state index in [4.69, 9.17) is 5.73 Å². The lowest BCUT2D eigenvalue weighted by atomic mass is 10.1. The van der Waals surface area contributed by atoms with Crippen LogP contribution in [-0.2, 0) is 9.59 Å². The van der Waals surface area contributed by atoms with Crippen molar-refractivity contribution in [2.24, 2.45) is 11.7 Å². The van der Waals surface area contributed by atoms with E-state index in [-0.39, 0.29) is 30.4 Å². The number of hydrogen-bond acceptors (Lipinski definition) is 3. The molecule has 1 aliphatic rings. The van der Waals surface area contributed by atoms with Gasteiger partial charge in [-0.2, -0.15) is 0 Å². The monoisotopic (exact) mass is 241 g/mol. The van der Waals surface area contributed by atoms with Gasteiger partial charge >= 0.3 is 0 Å². The molecule has 1 aliphatic heterocycles. The number of amides is 2. The van der Waals surface area contributed by atoms with E-state index < -0.39 is 0 Å². The Morgan fingerprint density at radius 3 is 2.76 bits per heavy atom. The first-order valence-electron chi connectivity index (χ1n) is 6.23. The number of piperidine rings is 1. The first-order valence-corrected chi connectivity index (χ1v) is 6.23. The number of hydrogen-bond donors (Lipinski definition) is 2. The molecule has 5 heteroatoms. The van der Waals surface area contributed by atoms with Crippen molar-refractivity contribution in [1.29, 1.82) is 0 Å². The quantitative estimate of drug-likeness (QED) is 0.733. The number of nitrogens with zero attached hydrogens (tertiary/aromatic N) is 1. The zero-order chi connectivity index (χ0) is 13.0. The van der Waals surface area contributed by atoms with Gasteiger partial charge in [-0.25, -0.2) is 0 Å². The average Bonchev–Trinajstić information content (AvgIpc) is 2.23. The van der Waals surface area contributed by atoms with Gasteiger partial charge in [0.05, 0.1) is 6.54 Å².